The summed E-state index contributed by atoms with van der Waals surface area (Å²) in [6.45, 7) is 7.67. The fourth-order valence-electron chi connectivity index (χ4n) is 3.50. The molecule has 1 spiro atoms. The molecule has 0 aromatic rings. The van der Waals surface area contributed by atoms with Crippen LogP contribution in [0.4, 0.5) is 0 Å². The Kier molecular flexibility index (Phi) is 3.84. The first-order valence-electron chi connectivity index (χ1n) is 7.38. The van der Waals surface area contributed by atoms with Gasteiger partial charge in [-0.15, -0.1) is 0 Å². The third kappa shape index (κ3) is 2.68. The van der Waals surface area contributed by atoms with Gasteiger partial charge in [0.05, 0.1) is 11.7 Å². The second kappa shape index (κ2) is 4.89. The first kappa shape index (κ1) is 13.4. The van der Waals surface area contributed by atoms with Crippen molar-refractivity contribution < 1.29 is 4.74 Å². The molecule has 2 nitrogen and oxygen atoms in total. The lowest BCUT2D eigenvalue weighted by atomic mass is 9.74. The van der Waals surface area contributed by atoms with E-state index >= 15 is 0 Å². The summed E-state index contributed by atoms with van der Waals surface area (Å²) in [5, 5.41) is 0. The molecular weight excluding hydrogens is 210 g/mol. The molecule has 2 aliphatic rings. The van der Waals surface area contributed by atoms with Gasteiger partial charge in [0.2, 0.25) is 0 Å². The molecule has 1 aliphatic carbocycles. The van der Waals surface area contributed by atoms with Crippen LogP contribution >= 0.6 is 0 Å². The van der Waals surface area contributed by atoms with Gasteiger partial charge in [-0.1, -0.05) is 33.6 Å². The van der Waals surface area contributed by atoms with Crippen molar-refractivity contribution in [3.05, 3.63) is 0 Å². The van der Waals surface area contributed by atoms with Crippen LogP contribution < -0.4 is 5.73 Å². The maximum Gasteiger partial charge on any atom is 0.0687 e. The second-order valence-electron chi connectivity index (χ2n) is 6.89. The lowest BCUT2D eigenvalue weighted by Gasteiger charge is -2.35. The van der Waals surface area contributed by atoms with Gasteiger partial charge < -0.3 is 10.5 Å². The fraction of sp³-hybridized carbons (Fsp3) is 1.00. The SMILES string of the molecule is CC(C)C(C)(CN)CC1CCC2(CCCC2)O1. The van der Waals surface area contributed by atoms with E-state index in [1.807, 2.05) is 0 Å². The van der Waals surface area contributed by atoms with Crippen LogP contribution in [0.15, 0.2) is 0 Å². The standard InChI is InChI=1S/C15H29NO/c1-12(2)14(3,11-16)10-13-6-9-15(17-13)7-4-5-8-15/h12-13H,4-11,16H2,1-3H3. The molecule has 2 rings (SSSR count). The first-order chi connectivity index (χ1) is 8.00. The molecule has 100 valence electrons. The van der Waals surface area contributed by atoms with Gasteiger partial charge in [0.25, 0.3) is 0 Å². The van der Waals surface area contributed by atoms with Gasteiger partial charge in [0.15, 0.2) is 0 Å². The zero-order valence-corrected chi connectivity index (χ0v) is 11.8. The third-order valence-electron chi connectivity index (χ3n) is 5.41. The molecule has 0 radical (unpaired) electrons. The Balaban J connectivity index is 1.92. The maximum atomic E-state index is 6.40. The van der Waals surface area contributed by atoms with Crippen molar-refractivity contribution in [2.75, 3.05) is 6.54 Å². The van der Waals surface area contributed by atoms with Crippen molar-refractivity contribution in [3.63, 3.8) is 0 Å². The van der Waals surface area contributed by atoms with Gasteiger partial charge in [0, 0.05) is 0 Å². The Morgan fingerprint density at radius 2 is 1.94 bits per heavy atom. The molecule has 0 bridgehead atoms. The van der Waals surface area contributed by atoms with E-state index in [0.717, 1.165) is 13.0 Å². The van der Waals surface area contributed by atoms with Crippen LogP contribution in [0.25, 0.3) is 0 Å². The molecule has 1 saturated heterocycles. The van der Waals surface area contributed by atoms with Gasteiger partial charge >= 0.3 is 0 Å². The van der Waals surface area contributed by atoms with Gasteiger partial charge in [-0.3, -0.25) is 0 Å². The molecule has 1 aliphatic heterocycles. The average Bonchev–Trinajstić information content (AvgIpc) is 2.90. The third-order valence-corrected chi connectivity index (χ3v) is 5.41. The fourth-order valence-corrected chi connectivity index (χ4v) is 3.50. The maximum absolute atomic E-state index is 6.40. The summed E-state index contributed by atoms with van der Waals surface area (Å²) in [6.07, 6.45) is 9.47. The van der Waals surface area contributed by atoms with E-state index < -0.39 is 0 Å². The Labute approximate surface area is 106 Å². The van der Waals surface area contributed by atoms with Crippen LogP contribution in [0.3, 0.4) is 0 Å². The molecule has 1 saturated carbocycles. The van der Waals surface area contributed by atoms with Crippen LogP contribution in [0.2, 0.25) is 0 Å². The summed E-state index contributed by atoms with van der Waals surface area (Å²) in [5.74, 6) is 0.635. The van der Waals surface area contributed by atoms with Gasteiger partial charge in [-0.25, -0.2) is 0 Å². The second-order valence-corrected chi connectivity index (χ2v) is 6.89. The van der Waals surface area contributed by atoms with Crippen LogP contribution in [0.5, 0.6) is 0 Å². The van der Waals surface area contributed by atoms with E-state index in [-0.39, 0.29) is 11.0 Å². The predicted octanol–water partition coefficient (Wildman–Crippen LogP) is 3.49. The van der Waals surface area contributed by atoms with E-state index in [1.165, 1.54) is 38.5 Å². The first-order valence-corrected chi connectivity index (χ1v) is 7.38. The quantitative estimate of drug-likeness (QED) is 0.815. The lowest BCUT2D eigenvalue weighted by molar-refractivity contribution is -0.0557. The minimum atomic E-state index is 0.245. The molecule has 2 heteroatoms. The highest BCUT2D eigenvalue weighted by molar-refractivity contribution is 4.95. The zero-order chi connectivity index (χ0) is 12.5. The van der Waals surface area contributed by atoms with Crippen LogP contribution in [0, 0.1) is 11.3 Å². The Bertz CT molecular complexity index is 258. The Morgan fingerprint density at radius 3 is 2.47 bits per heavy atom. The molecule has 0 aromatic carbocycles. The number of rotatable bonds is 4. The van der Waals surface area contributed by atoms with E-state index in [4.69, 9.17) is 10.5 Å². The summed E-state index contributed by atoms with van der Waals surface area (Å²) in [5.41, 5.74) is 6.50. The number of hydrogen-bond acceptors (Lipinski definition) is 2. The number of hydrogen-bond donors (Lipinski definition) is 1. The smallest absolute Gasteiger partial charge is 0.0687 e. The van der Waals surface area contributed by atoms with Gasteiger partial charge in [-0.2, -0.15) is 0 Å². The van der Waals surface area contributed by atoms with Crippen molar-refractivity contribution in [3.8, 4) is 0 Å². The molecule has 2 N–H and O–H groups in total. The van der Waals surface area contributed by atoms with E-state index in [2.05, 4.69) is 20.8 Å². The van der Waals surface area contributed by atoms with Crippen molar-refractivity contribution in [2.45, 2.75) is 77.4 Å². The molecule has 0 aromatic heterocycles. The number of nitrogens with two attached hydrogens (primary N) is 1. The van der Waals surface area contributed by atoms with Crippen LogP contribution in [-0.2, 0) is 4.74 Å². The molecule has 2 atom stereocenters. The molecule has 1 heterocycles. The highest BCUT2D eigenvalue weighted by atomic mass is 16.5. The summed E-state index contributed by atoms with van der Waals surface area (Å²) in [7, 11) is 0. The minimum Gasteiger partial charge on any atom is -0.372 e. The van der Waals surface area contributed by atoms with Crippen molar-refractivity contribution in [2.24, 2.45) is 17.1 Å². The van der Waals surface area contributed by atoms with Crippen LogP contribution in [0.1, 0.15) is 65.7 Å². The molecule has 2 unspecified atom stereocenters. The topological polar surface area (TPSA) is 35.2 Å². The number of ether oxygens (including phenoxy) is 1. The predicted molar refractivity (Wildman–Crippen MR) is 71.9 cm³/mol. The monoisotopic (exact) mass is 239 g/mol. The highest BCUT2D eigenvalue weighted by Crippen LogP contribution is 2.46. The highest BCUT2D eigenvalue weighted by Gasteiger charge is 2.44. The Morgan fingerprint density at radius 1 is 1.29 bits per heavy atom. The van der Waals surface area contributed by atoms with Crippen molar-refractivity contribution in [1.29, 1.82) is 0 Å². The average molecular weight is 239 g/mol. The summed E-state index contributed by atoms with van der Waals surface area (Å²) in [6, 6.07) is 0. The minimum absolute atomic E-state index is 0.245. The zero-order valence-electron chi connectivity index (χ0n) is 11.8. The van der Waals surface area contributed by atoms with Crippen LogP contribution in [-0.4, -0.2) is 18.2 Å². The van der Waals surface area contributed by atoms with Gasteiger partial charge in [-0.05, 0) is 50.0 Å². The van der Waals surface area contributed by atoms with Crippen molar-refractivity contribution >= 4 is 0 Å². The van der Waals surface area contributed by atoms with E-state index in [0.29, 0.717) is 12.0 Å². The molecule has 17 heavy (non-hydrogen) atoms. The summed E-state index contributed by atoms with van der Waals surface area (Å²) >= 11 is 0. The normalized spacial score (nSPS) is 31.2. The largest absolute Gasteiger partial charge is 0.372 e. The Hall–Kier alpha value is -0.0800. The molecule has 0 amide bonds. The summed E-state index contributed by atoms with van der Waals surface area (Å²) < 4.78 is 6.40. The molecular formula is C15H29NO. The lowest BCUT2D eigenvalue weighted by Crippen LogP contribution is -2.37. The van der Waals surface area contributed by atoms with E-state index in [9.17, 15) is 0 Å². The van der Waals surface area contributed by atoms with Gasteiger partial charge in [0.1, 0.15) is 0 Å². The van der Waals surface area contributed by atoms with E-state index in [1.54, 1.807) is 0 Å². The summed E-state index contributed by atoms with van der Waals surface area (Å²) in [4.78, 5) is 0. The molecule has 2 fully saturated rings. The van der Waals surface area contributed by atoms with Crippen molar-refractivity contribution in [1.82, 2.24) is 0 Å².